The van der Waals surface area contributed by atoms with Gasteiger partial charge in [0.05, 0.1) is 0 Å². The largest absolute Gasteiger partial charge is 0.274 e. The van der Waals surface area contributed by atoms with Crippen molar-refractivity contribution in [2.75, 3.05) is 6.54 Å². The van der Waals surface area contributed by atoms with Crippen molar-refractivity contribution in [2.45, 2.75) is 38.5 Å². The first-order valence-corrected chi connectivity index (χ1v) is 4.60. The van der Waals surface area contributed by atoms with Crippen molar-refractivity contribution in [3.8, 4) is 0 Å². The third kappa shape index (κ3) is 3.10. The van der Waals surface area contributed by atoms with E-state index in [0.29, 0.717) is 6.42 Å². The molecule has 3 heteroatoms. The minimum atomic E-state index is 0.0913. The maximum Gasteiger partial charge on any atom is 0.236 e. The summed E-state index contributed by atoms with van der Waals surface area (Å²) in [6, 6.07) is 0. The number of rotatable bonds is 0. The Kier molecular flexibility index (Phi) is 3.70. The Morgan fingerprint density at radius 3 is 2.55 bits per heavy atom. The molecule has 1 rings (SSSR count). The zero-order valence-electron chi connectivity index (χ0n) is 6.68. The highest BCUT2D eigenvalue weighted by atomic mass is 35.5. The van der Waals surface area contributed by atoms with Gasteiger partial charge in [0.2, 0.25) is 5.91 Å². The first-order valence-electron chi connectivity index (χ1n) is 4.27. The molecule has 1 heterocycles. The smallest absolute Gasteiger partial charge is 0.236 e. The topological polar surface area (TPSA) is 20.3 Å². The first kappa shape index (κ1) is 8.85. The lowest BCUT2D eigenvalue weighted by Crippen LogP contribution is -2.21. The number of carbonyl (C=O) groups is 1. The van der Waals surface area contributed by atoms with Crippen molar-refractivity contribution in [1.82, 2.24) is 4.42 Å². The highest BCUT2D eigenvalue weighted by molar-refractivity contribution is 6.21. The van der Waals surface area contributed by atoms with Crippen molar-refractivity contribution < 1.29 is 4.79 Å². The Morgan fingerprint density at radius 2 is 1.73 bits per heavy atom. The molecule has 0 aromatic carbocycles. The summed E-state index contributed by atoms with van der Waals surface area (Å²) in [4.78, 5) is 11.1. The third-order valence-corrected chi connectivity index (χ3v) is 2.37. The summed E-state index contributed by atoms with van der Waals surface area (Å²) in [7, 11) is 0. The van der Waals surface area contributed by atoms with Crippen molar-refractivity contribution in [1.29, 1.82) is 0 Å². The van der Waals surface area contributed by atoms with Crippen LogP contribution in [0.4, 0.5) is 0 Å². The maximum absolute atomic E-state index is 11.1. The minimum Gasteiger partial charge on any atom is -0.274 e. The number of hydrogen-bond acceptors (Lipinski definition) is 1. The SMILES string of the molecule is O=C1CCCCCCCN1Cl. The van der Waals surface area contributed by atoms with Crippen LogP contribution in [0.15, 0.2) is 0 Å². The molecule has 0 unspecified atom stereocenters. The van der Waals surface area contributed by atoms with Crippen molar-refractivity contribution in [3.05, 3.63) is 0 Å². The molecule has 0 aliphatic carbocycles. The van der Waals surface area contributed by atoms with E-state index >= 15 is 0 Å². The highest BCUT2D eigenvalue weighted by Crippen LogP contribution is 2.12. The molecule has 0 spiro atoms. The molecule has 2 nitrogen and oxygen atoms in total. The summed E-state index contributed by atoms with van der Waals surface area (Å²) < 4.78 is 1.34. The average molecular weight is 176 g/mol. The molecular weight excluding hydrogens is 162 g/mol. The average Bonchev–Trinajstić information content (AvgIpc) is 2.07. The Labute approximate surface area is 72.6 Å². The predicted molar refractivity (Wildman–Crippen MR) is 45.3 cm³/mol. The molecule has 0 aromatic rings. The second-order valence-corrected chi connectivity index (χ2v) is 3.41. The summed E-state index contributed by atoms with van der Waals surface area (Å²) >= 11 is 5.70. The Morgan fingerprint density at radius 1 is 1.09 bits per heavy atom. The van der Waals surface area contributed by atoms with E-state index in [2.05, 4.69) is 0 Å². The molecule has 1 aliphatic heterocycles. The van der Waals surface area contributed by atoms with Crippen LogP contribution in [0.5, 0.6) is 0 Å². The van der Waals surface area contributed by atoms with Gasteiger partial charge >= 0.3 is 0 Å². The monoisotopic (exact) mass is 175 g/mol. The molecule has 0 radical (unpaired) electrons. The van der Waals surface area contributed by atoms with E-state index in [-0.39, 0.29) is 5.91 Å². The van der Waals surface area contributed by atoms with Gasteiger partial charge in [-0.25, -0.2) is 0 Å². The van der Waals surface area contributed by atoms with Crippen LogP contribution in [-0.4, -0.2) is 16.9 Å². The fourth-order valence-electron chi connectivity index (χ4n) is 1.30. The molecule has 0 saturated carbocycles. The second kappa shape index (κ2) is 4.60. The molecule has 1 amide bonds. The van der Waals surface area contributed by atoms with Crippen molar-refractivity contribution in [3.63, 3.8) is 0 Å². The van der Waals surface area contributed by atoms with Gasteiger partial charge in [-0.1, -0.05) is 19.3 Å². The van der Waals surface area contributed by atoms with Crippen molar-refractivity contribution in [2.24, 2.45) is 0 Å². The standard InChI is InChI=1S/C8H14ClNO/c9-10-7-5-3-1-2-4-6-8(10)11/h1-7H2. The van der Waals surface area contributed by atoms with Gasteiger partial charge in [0.1, 0.15) is 0 Å². The van der Waals surface area contributed by atoms with E-state index < -0.39 is 0 Å². The Hall–Kier alpha value is -0.240. The van der Waals surface area contributed by atoms with Crippen LogP contribution in [-0.2, 0) is 4.79 Å². The lowest BCUT2D eigenvalue weighted by molar-refractivity contribution is -0.126. The molecule has 0 N–H and O–H groups in total. The number of nitrogens with zero attached hydrogens (tertiary/aromatic N) is 1. The summed E-state index contributed by atoms with van der Waals surface area (Å²) in [6.07, 6.45) is 6.31. The quantitative estimate of drug-likeness (QED) is 0.518. The van der Waals surface area contributed by atoms with Crippen molar-refractivity contribution >= 4 is 17.7 Å². The van der Waals surface area contributed by atoms with E-state index in [9.17, 15) is 4.79 Å². The van der Waals surface area contributed by atoms with Gasteiger partial charge < -0.3 is 0 Å². The maximum atomic E-state index is 11.1. The summed E-state index contributed by atoms with van der Waals surface area (Å²) in [6.45, 7) is 0.723. The number of hydrogen-bond donors (Lipinski definition) is 0. The van der Waals surface area contributed by atoms with E-state index in [1.54, 1.807) is 0 Å². The molecule has 1 saturated heterocycles. The normalized spacial score (nSPS) is 22.3. The zero-order chi connectivity index (χ0) is 8.10. The fraction of sp³-hybridized carbons (Fsp3) is 0.875. The Bertz CT molecular complexity index is 138. The molecule has 0 aromatic heterocycles. The lowest BCUT2D eigenvalue weighted by Gasteiger charge is -2.10. The third-order valence-electron chi connectivity index (χ3n) is 2.02. The van der Waals surface area contributed by atoms with E-state index in [4.69, 9.17) is 11.8 Å². The highest BCUT2D eigenvalue weighted by Gasteiger charge is 2.11. The van der Waals surface area contributed by atoms with Crippen LogP contribution >= 0.6 is 11.8 Å². The molecule has 0 atom stereocenters. The zero-order valence-corrected chi connectivity index (χ0v) is 7.44. The van der Waals surface area contributed by atoms with Crippen LogP contribution in [0, 0.1) is 0 Å². The van der Waals surface area contributed by atoms with Gasteiger partial charge in [0.15, 0.2) is 0 Å². The number of amides is 1. The molecule has 11 heavy (non-hydrogen) atoms. The minimum absolute atomic E-state index is 0.0913. The van der Waals surface area contributed by atoms with Crippen LogP contribution < -0.4 is 0 Å². The molecule has 1 fully saturated rings. The van der Waals surface area contributed by atoms with Crippen LogP contribution in [0.25, 0.3) is 0 Å². The Balaban J connectivity index is 2.35. The van der Waals surface area contributed by atoms with Gasteiger partial charge in [0.25, 0.3) is 0 Å². The van der Waals surface area contributed by atoms with Crippen LogP contribution in [0.3, 0.4) is 0 Å². The summed E-state index contributed by atoms with van der Waals surface area (Å²) in [5.74, 6) is 0.0913. The lowest BCUT2D eigenvalue weighted by atomic mass is 10.1. The predicted octanol–water partition coefficient (Wildman–Crippen LogP) is 2.32. The van der Waals surface area contributed by atoms with Gasteiger partial charge in [0, 0.05) is 24.7 Å². The van der Waals surface area contributed by atoms with E-state index in [1.807, 2.05) is 0 Å². The molecule has 1 aliphatic rings. The second-order valence-electron chi connectivity index (χ2n) is 3.00. The van der Waals surface area contributed by atoms with E-state index in [0.717, 1.165) is 19.4 Å². The van der Waals surface area contributed by atoms with Gasteiger partial charge in [-0.15, -0.1) is 0 Å². The molecular formula is C8H14ClNO. The number of carbonyl (C=O) groups excluding carboxylic acids is 1. The molecule has 0 bridgehead atoms. The summed E-state index contributed by atoms with van der Waals surface area (Å²) in [5.41, 5.74) is 0. The van der Waals surface area contributed by atoms with E-state index in [1.165, 1.54) is 23.7 Å². The van der Waals surface area contributed by atoms with Gasteiger partial charge in [-0.2, -0.15) is 0 Å². The fourth-order valence-corrected chi connectivity index (χ4v) is 1.51. The van der Waals surface area contributed by atoms with Gasteiger partial charge in [-0.05, 0) is 12.8 Å². The van der Waals surface area contributed by atoms with Crippen LogP contribution in [0.2, 0.25) is 0 Å². The summed E-state index contributed by atoms with van der Waals surface area (Å²) in [5, 5.41) is 0. The first-order chi connectivity index (χ1) is 5.30. The van der Waals surface area contributed by atoms with Crippen LogP contribution in [0.1, 0.15) is 38.5 Å². The number of halogens is 1. The van der Waals surface area contributed by atoms with Gasteiger partial charge in [-0.3, -0.25) is 9.21 Å². The molecule has 64 valence electrons.